The van der Waals surface area contributed by atoms with Crippen LogP contribution in [-0.2, 0) is 14.8 Å². The van der Waals surface area contributed by atoms with Crippen LogP contribution in [0.1, 0.15) is 27.5 Å². The molecule has 10 heteroatoms. The number of rotatable bonds is 5. The Bertz CT molecular complexity index is 905. The van der Waals surface area contributed by atoms with Gasteiger partial charge < -0.3 is 9.47 Å². The molecule has 26 heavy (non-hydrogen) atoms. The molecule has 0 aromatic carbocycles. The van der Waals surface area contributed by atoms with Gasteiger partial charge in [-0.1, -0.05) is 0 Å². The molecule has 140 valence electrons. The Balaban J connectivity index is 1.75. The number of carbonyl (C=O) groups excluding carboxylic acids is 1. The van der Waals surface area contributed by atoms with Crippen LogP contribution in [0.2, 0.25) is 0 Å². The van der Waals surface area contributed by atoms with E-state index in [0.29, 0.717) is 13.0 Å². The van der Waals surface area contributed by atoms with Crippen LogP contribution >= 0.6 is 11.3 Å². The highest BCUT2D eigenvalue weighted by atomic mass is 32.2. The zero-order valence-electron chi connectivity index (χ0n) is 14.6. The first-order valence-corrected chi connectivity index (χ1v) is 10.3. The monoisotopic (exact) mass is 397 g/mol. The molecule has 0 spiro atoms. The highest BCUT2D eigenvalue weighted by Gasteiger charge is 2.36. The molecule has 0 saturated carbocycles. The van der Waals surface area contributed by atoms with Gasteiger partial charge in [0.2, 0.25) is 10.0 Å². The van der Waals surface area contributed by atoms with Crippen molar-refractivity contribution in [3.8, 4) is 6.01 Å². The average molecular weight is 397 g/mol. The van der Waals surface area contributed by atoms with E-state index in [1.807, 2.05) is 19.9 Å². The van der Waals surface area contributed by atoms with Crippen molar-refractivity contribution < 1.29 is 22.7 Å². The number of hydrogen-bond acceptors (Lipinski definition) is 8. The summed E-state index contributed by atoms with van der Waals surface area (Å²) in [4.78, 5) is 20.3. The van der Waals surface area contributed by atoms with Crippen molar-refractivity contribution in [2.45, 2.75) is 31.3 Å². The van der Waals surface area contributed by atoms with Crippen molar-refractivity contribution in [1.29, 1.82) is 0 Å². The summed E-state index contributed by atoms with van der Waals surface area (Å²) < 4.78 is 37.5. The predicted octanol–water partition coefficient (Wildman–Crippen LogP) is 1.78. The van der Waals surface area contributed by atoms with Gasteiger partial charge in [0.1, 0.15) is 15.9 Å². The summed E-state index contributed by atoms with van der Waals surface area (Å²) in [6.07, 6.45) is 0.180. The molecule has 2 aromatic rings. The summed E-state index contributed by atoms with van der Waals surface area (Å²) in [6.45, 7) is 4.17. The Morgan fingerprint density at radius 1 is 1.31 bits per heavy atom. The number of esters is 1. The van der Waals surface area contributed by atoms with Gasteiger partial charge in [-0.3, -0.25) is 0 Å². The van der Waals surface area contributed by atoms with Crippen molar-refractivity contribution in [3.05, 3.63) is 33.8 Å². The third kappa shape index (κ3) is 3.71. The van der Waals surface area contributed by atoms with Gasteiger partial charge in [-0.2, -0.15) is 4.31 Å². The van der Waals surface area contributed by atoms with E-state index >= 15 is 0 Å². The van der Waals surface area contributed by atoms with Gasteiger partial charge in [-0.25, -0.2) is 23.2 Å². The van der Waals surface area contributed by atoms with Crippen LogP contribution in [0, 0.1) is 13.8 Å². The van der Waals surface area contributed by atoms with E-state index in [-0.39, 0.29) is 28.4 Å². The SMILES string of the molecule is COC(=O)c1sccc1S(=O)(=O)N1CCC(Oc2nc(C)cc(C)n2)C1. The zero-order chi connectivity index (χ0) is 18.9. The summed E-state index contributed by atoms with van der Waals surface area (Å²) in [5, 5.41) is 1.56. The molecule has 1 aliphatic heterocycles. The Hall–Kier alpha value is -2.04. The highest BCUT2D eigenvalue weighted by Crippen LogP contribution is 2.29. The molecule has 1 unspecified atom stereocenters. The lowest BCUT2D eigenvalue weighted by Crippen LogP contribution is -2.31. The van der Waals surface area contributed by atoms with E-state index in [9.17, 15) is 13.2 Å². The minimum absolute atomic E-state index is 0.0300. The standard InChI is InChI=1S/C16H19N3O5S2/c1-10-8-11(2)18-16(17-10)24-12-4-6-19(9-12)26(21,22)13-5-7-25-14(13)15(20)23-3/h5,7-8,12H,4,6,9H2,1-3H3. The molecule has 1 atom stereocenters. The van der Waals surface area contributed by atoms with Crippen LogP contribution in [0.5, 0.6) is 6.01 Å². The number of aromatic nitrogens is 2. The Labute approximate surface area is 155 Å². The molecule has 0 N–H and O–H groups in total. The fourth-order valence-corrected chi connectivity index (χ4v) is 5.58. The number of nitrogens with zero attached hydrogens (tertiary/aromatic N) is 3. The Morgan fingerprint density at radius 3 is 2.65 bits per heavy atom. The topological polar surface area (TPSA) is 98.7 Å². The summed E-state index contributed by atoms with van der Waals surface area (Å²) in [7, 11) is -2.58. The van der Waals surface area contributed by atoms with Gasteiger partial charge in [0.25, 0.3) is 0 Å². The second-order valence-corrected chi connectivity index (χ2v) is 8.75. The van der Waals surface area contributed by atoms with Gasteiger partial charge in [0, 0.05) is 17.9 Å². The third-order valence-corrected chi connectivity index (χ3v) is 6.89. The molecule has 0 amide bonds. The molecular weight excluding hydrogens is 378 g/mol. The Kier molecular flexibility index (Phi) is 5.26. The van der Waals surface area contributed by atoms with E-state index in [4.69, 9.17) is 4.74 Å². The summed E-state index contributed by atoms with van der Waals surface area (Å²) in [5.41, 5.74) is 1.58. The maximum Gasteiger partial charge on any atom is 0.349 e. The first-order valence-electron chi connectivity index (χ1n) is 7.96. The van der Waals surface area contributed by atoms with Crippen LogP contribution in [0.15, 0.2) is 22.4 Å². The summed E-state index contributed by atoms with van der Waals surface area (Å²) in [6, 6.07) is 3.51. The Morgan fingerprint density at radius 2 is 2.00 bits per heavy atom. The van der Waals surface area contributed by atoms with Crippen LogP contribution in [0.3, 0.4) is 0 Å². The molecule has 1 aliphatic rings. The number of ether oxygens (including phenoxy) is 2. The predicted molar refractivity (Wildman–Crippen MR) is 95.0 cm³/mol. The van der Waals surface area contributed by atoms with E-state index in [0.717, 1.165) is 22.7 Å². The maximum absolute atomic E-state index is 12.9. The van der Waals surface area contributed by atoms with Crippen molar-refractivity contribution in [2.24, 2.45) is 0 Å². The second-order valence-electron chi connectivity index (χ2n) is 5.93. The van der Waals surface area contributed by atoms with Crippen molar-refractivity contribution >= 4 is 27.3 Å². The van der Waals surface area contributed by atoms with E-state index in [1.54, 1.807) is 5.38 Å². The number of aryl methyl sites for hydroxylation is 2. The number of methoxy groups -OCH3 is 1. The molecule has 0 bridgehead atoms. The lowest BCUT2D eigenvalue weighted by atomic mass is 10.3. The van der Waals surface area contributed by atoms with Gasteiger partial charge >= 0.3 is 12.0 Å². The average Bonchev–Trinajstić information content (AvgIpc) is 3.22. The molecule has 0 radical (unpaired) electrons. The normalized spacial score (nSPS) is 18.0. The largest absolute Gasteiger partial charge is 0.465 e. The minimum atomic E-state index is -3.80. The molecule has 3 heterocycles. The van der Waals surface area contributed by atoms with Crippen molar-refractivity contribution in [2.75, 3.05) is 20.2 Å². The number of sulfonamides is 1. The third-order valence-electron chi connectivity index (χ3n) is 3.96. The molecule has 3 rings (SSSR count). The molecule has 1 fully saturated rings. The number of hydrogen-bond donors (Lipinski definition) is 0. The summed E-state index contributed by atoms with van der Waals surface area (Å²) >= 11 is 1.04. The van der Waals surface area contributed by atoms with Gasteiger partial charge in [-0.05, 0) is 37.8 Å². The van der Waals surface area contributed by atoms with E-state index in [1.165, 1.54) is 17.5 Å². The van der Waals surface area contributed by atoms with Gasteiger partial charge in [0.05, 0.1) is 13.7 Å². The second kappa shape index (κ2) is 7.29. The van der Waals surface area contributed by atoms with Crippen LogP contribution in [0.25, 0.3) is 0 Å². The van der Waals surface area contributed by atoms with Crippen molar-refractivity contribution in [3.63, 3.8) is 0 Å². The minimum Gasteiger partial charge on any atom is -0.465 e. The van der Waals surface area contributed by atoms with Gasteiger partial charge in [0.15, 0.2) is 0 Å². The fourth-order valence-electron chi connectivity index (χ4n) is 2.79. The lowest BCUT2D eigenvalue weighted by molar-refractivity contribution is 0.0602. The first kappa shape index (κ1) is 18.7. The lowest BCUT2D eigenvalue weighted by Gasteiger charge is -2.17. The van der Waals surface area contributed by atoms with E-state index < -0.39 is 16.0 Å². The first-order chi connectivity index (χ1) is 12.3. The molecule has 2 aromatic heterocycles. The summed E-state index contributed by atoms with van der Waals surface area (Å²) in [5.74, 6) is -0.658. The van der Waals surface area contributed by atoms with Gasteiger partial charge in [-0.15, -0.1) is 11.3 Å². The fraction of sp³-hybridized carbons (Fsp3) is 0.438. The maximum atomic E-state index is 12.9. The molecule has 1 saturated heterocycles. The molecule has 8 nitrogen and oxygen atoms in total. The van der Waals surface area contributed by atoms with Crippen LogP contribution in [-0.4, -0.2) is 55.0 Å². The highest BCUT2D eigenvalue weighted by molar-refractivity contribution is 7.89. The molecule has 0 aliphatic carbocycles. The van der Waals surface area contributed by atoms with E-state index in [2.05, 4.69) is 14.7 Å². The number of thiophene rings is 1. The zero-order valence-corrected chi connectivity index (χ0v) is 16.3. The van der Waals surface area contributed by atoms with Crippen molar-refractivity contribution in [1.82, 2.24) is 14.3 Å². The quantitative estimate of drug-likeness (QED) is 0.709. The van der Waals surface area contributed by atoms with Crippen LogP contribution < -0.4 is 4.74 Å². The number of carbonyl (C=O) groups is 1. The molecular formula is C16H19N3O5S2. The smallest absolute Gasteiger partial charge is 0.349 e. The van der Waals surface area contributed by atoms with Crippen LogP contribution in [0.4, 0.5) is 0 Å².